The number of piperazine rings is 1. The molecule has 9 heteroatoms. The van der Waals surface area contributed by atoms with E-state index >= 15 is 0 Å². The van der Waals surface area contributed by atoms with Crippen LogP contribution in [0.25, 0.3) is 0 Å². The summed E-state index contributed by atoms with van der Waals surface area (Å²) in [5.41, 5.74) is 10.6. The fourth-order valence-corrected chi connectivity index (χ4v) is 2.73. The largest absolute Gasteiger partial charge is 0.495 e. The van der Waals surface area contributed by atoms with Crippen molar-refractivity contribution in [3.8, 4) is 5.75 Å². The number of nitrogens with one attached hydrogen (secondary N) is 2. The standard InChI is InChI=1S/C16H22ClN7O/c1-23-5-7-24(8-6-23)22-16-14(18)15(19-10-20-16)21-12-9-11(17)3-4-13(12)25-2/h3-4,9-10H,5-8,18H2,1-2H3,(H2,19,20,21,22). The van der Waals surface area contributed by atoms with Crippen LogP contribution < -0.4 is 21.2 Å². The molecule has 0 aliphatic carbocycles. The van der Waals surface area contributed by atoms with E-state index in [1.165, 1.54) is 6.33 Å². The maximum Gasteiger partial charge on any atom is 0.169 e. The van der Waals surface area contributed by atoms with Crippen molar-refractivity contribution in [2.75, 3.05) is 56.8 Å². The van der Waals surface area contributed by atoms with Crippen LogP contribution >= 0.6 is 11.6 Å². The minimum Gasteiger partial charge on any atom is -0.495 e. The molecule has 1 saturated heterocycles. The first-order valence-electron chi connectivity index (χ1n) is 7.98. The topological polar surface area (TPSA) is 91.6 Å². The smallest absolute Gasteiger partial charge is 0.169 e. The van der Waals surface area contributed by atoms with Crippen LogP contribution in [0.3, 0.4) is 0 Å². The van der Waals surface area contributed by atoms with E-state index in [-0.39, 0.29) is 0 Å². The van der Waals surface area contributed by atoms with Crippen LogP contribution in [0.2, 0.25) is 5.02 Å². The van der Waals surface area contributed by atoms with Gasteiger partial charge in [0.15, 0.2) is 11.6 Å². The van der Waals surface area contributed by atoms with E-state index in [1.54, 1.807) is 25.3 Å². The van der Waals surface area contributed by atoms with E-state index in [0.29, 0.717) is 33.8 Å². The lowest BCUT2D eigenvalue weighted by molar-refractivity contribution is 0.178. The number of nitrogen functional groups attached to an aromatic ring is 1. The first-order valence-corrected chi connectivity index (χ1v) is 8.36. The normalized spacial score (nSPS) is 15.8. The fourth-order valence-electron chi connectivity index (χ4n) is 2.56. The van der Waals surface area contributed by atoms with Crippen LogP contribution in [0.5, 0.6) is 5.75 Å². The molecule has 0 atom stereocenters. The molecule has 0 saturated carbocycles. The number of hydrazine groups is 1. The molecule has 2 aromatic rings. The molecule has 25 heavy (non-hydrogen) atoms. The number of anilines is 4. The quantitative estimate of drug-likeness (QED) is 0.743. The van der Waals surface area contributed by atoms with Crippen LogP contribution in [0.15, 0.2) is 24.5 Å². The Labute approximate surface area is 151 Å². The minimum atomic E-state index is 0.434. The zero-order valence-corrected chi connectivity index (χ0v) is 15.0. The van der Waals surface area contributed by atoms with Crippen molar-refractivity contribution in [2.24, 2.45) is 0 Å². The SMILES string of the molecule is COc1ccc(Cl)cc1Nc1ncnc(NN2CCN(C)CC2)c1N. The predicted molar refractivity (Wildman–Crippen MR) is 100 cm³/mol. The third-order valence-electron chi connectivity index (χ3n) is 4.07. The first kappa shape index (κ1) is 17.5. The summed E-state index contributed by atoms with van der Waals surface area (Å²) in [6.45, 7) is 3.77. The van der Waals surface area contributed by atoms with Gasteiger partial charge in [-0.3, -0.25) is 0 Å². The number of hydrogen-bond donors (Lipinski definition) is 3. The summed E-state index contributed by atoms with van der Waals surface area (Å²) >= 11 is 6.07. The average molecular weight is 364 g/mol. The van der Waals surface area contributed by atoms with Crippen molar-refractivity contribution in [3.05, 3.63) is 29.5 Å². The van der Waals surface area contributed by atoms with E-state index in [9.17, 15) is 0 Å². The summed E-state index contributed by atoms with van der Waals surface area (Å²) in [4.78, 5) is 10.8. The van der Waals surface area contributed by atoms with Crippen molar-refractivity contribution in [3.63, 3.8) is 0 Å². The lowest BCUT2D eigenvalue weighted by Gasteiger charge is -2.33. The van der Waals surface area contributed by atoms with Crippen LogP contribution in [0.4, 0.5) is 23.0 Å². The number of rotatable bonds is 5. The second-order valence-corrected chi connectivity index (χ2v) is 6.29. The zero-order chi connectivity index (χ0) is 17.8. The van der Waals surface area contributed by atoms with Gasteiger partial charge in [-0.1, -0.05) is 11.6 Å². The Hall–Kier alpha value is -2.29. The third-order valence-corrected chi connectivity index (χ3v) is 4.30. The van der Waals surface area contributed by atoms with Crippen molar-refractivity contribution in [1.29, 1.82) is 0 Å². The van der Waals surface area contributed by atoms with E-state index in [1.807, 2.05) is 0 Å². The summed E-state index contributed by atoms with van der Waals surface area (Å²) in [5.74, 6) is 1.71. The third kappa shape index (κ3) is 4.22. The molecule has 0 amide bonds. The van der Waals surface area contributed by atoms with Crippen molar-refractivity contribution >= 4 is 34.6 Å². The number of aromatic nitrogens is 2. The van der Waals surface area contributed by atoms with Crippen LogP contribution in [-0.2, 0) is 0 Å². The highest BCUT2D eigenvalue weighted by Gasteiger charge is 2.17. The molecule has 2 heterocycles. The highest BCUT2D eigenvalue weighted by Crippen LogP contribution is 2.33. The van der Waals surface area contributed by atoms with E-state index in [2.05, 4.69) is 37.7 Å². The number of nitrogens with zero attached hydrogens (tertiary/aromatic N) is 4. The number of nitrogens with two attached hydrogens (primary N) is 1. The lowest BCUT2D eigenvalue weighted by Crippen LogP contribution is -2.47. The van der Waals surface area contributed by atoms with E-state index in [0.717, 1.165) is 26.2 Å². The van der Waals surface area contributed by atoms with E-state index in [4.69, 9.17) is 22.1 Å². The summed E-state index contributed by atoms with van der Waals surface area (Å²) in [7, 11) is 3.70. The summed E-state index contributed by atoms with van der Waals surface area (Å²) in [6.07, 6.45) is 1.47. The average Bonchev–Trinajstić information content (AvgIpc) is 2.60. The molecule has 0 spiro atoms. The number of methoxy groups -OCH3 is 1. The zero-order valence-electron chi connectivity index (χ0n) is 14.3. The molecule has 1 fully saturated rings. The van der Waals surface area contributed by atoms with Crippen LogP contribution in [0.1, 0.15) is 0 Å². The highest BCUT2D eigenvalue weighted by molar-refractivity contribution is 6.31. The van der Waals surface area contributed by atoms with Gasteiger partial charge >= 0.3 is 0 Å². The number of benzene rings is 1. The van der Waals surface area contributed by atoms with Gasteiger partial charge in [-0.25, -0.2) is 15.0 Å². The predicted octanol–water partition coefficient (Wildman–Crippen LogP) is 2.04. The van der Waals surface area contributed by atoms with Gasteiger partial charge < -0.3 is 26.1 Å². The Kier molecular flexibility index (Phi) is 5.42. The molecule has 4 N–H and O–H groups in total. The molecule has 1 aromatic heterocycles. The molecule has 0 unspecified atom stereocenters. The van der Waals surface area contributed by atoms with Gasteiger partial charge in [0.2, 0.25) is 0 Å². The molecule has 3 rings (SSSR count). The summed E-state index contributed by atoms with van der Waals surface area (Å²) in [5, 5.41) is 5.85. The molecule has 134 valence electrons. The fraction of sp³-hybridized carbons (Fsp3) is 0.375. The first-order chi connectivity index (χ1) is 12.1. The van der Waals surface area contributed by atoms with Gasteiger partial charge in [-0.05, 0) is 25.2 Å². The van der Waals surface area contributed by atoms with Crippen LogP contribution in [0, 0.1) is 0 Å². The lowest BCUT2D eigenvalue weighted by atomic mass is 10.3. The van der Waals surface area contributed by atoms with Crippen molar-refractivity contribution < 1.29 is 4.74 Å². The molecular weight excluding hydrogens is 342 g/mol. The Balaban J connectivity index is 1.78. The molecule has 1 aliphatic heterocycles. The van der Waals surface area contributed by atoms with Crippen molar-refractivity contribution in [1.82, 2.24) is 19.9 Å². The Morgan fingerprint density at radius 3 is 2.60 bits per heavy atom. The van der Waals surface area contributed by atoms with Gasteiger partial charge in [-0.2, -0.15) is 0 Å². The van der Waals surface area contributed by atoms with Gasteiger partial charge in [0.1, 0.15) is 17.8 Å². The van der Waals surface area contributed by atoms with E-state index < -0.39 is 0 Å². The Morgan fingerprint density at radius 2 is 1.88 bits per heavy atom. The summed E-state index contributed by atoms with van der Waals surface area (Å²) in [6, 6.07) is 5.30. The molecule has 0 bridgehead atoms. The number of ether oxygens (including phenoxy) is 1. The molecule has 8 nitrogen and oxygen atoms in total. The molecule has 1 aliphatic rings. The summed E-state index contributed by atoms with van der Waals surface area (Å²) < 4.78 is 5.34. The number of likely N-dealkylation sites (N-methyl/N-ethyl adjacent to an activating group) is 1. The Morgan fingerprint density at radius 1 is 1.16 bits per heavy atom. The maximum absolute atomic E-state index is 6.24. The highest BCUT2D eigenvalue weighted by atomic mass is 35.5. The van der Waals surface area contributed by atoms with Gasteiger partial charge in [-0.15, -0.1) is 0 Å². The van der Waals surface area contributed by atoms with Gasteiger partial charge in [0, 0.05) is 31.2 Å². The van der Waals surface area contributed by atoms with Crippen LogP contribution in [-0.4, -0.2) is 60.2 Å². The molecule has 0 radical (unpaired) electrons. The number of hydrogen-bond acceptors (Lipinski definition) is 8. The Bertz CT molecular complexity index is 734. The molecule has 1 aromatic carbocycles. The monoisotopic (exact) mass is 363 g/mol. The second kappa shape index (κ2) is 7.73. The van der Waals surface area contributed by atoms with Gasteiger partial charge in [0.05, 0.1) is 12.8 Å². The number of halogens is 1. The van der Waals surface area contributed by atoms with Crippen molar-refractivity contribution in [2.45, 2.75) is 0 Å². The maximum atomic E-state index is 6.24. The minimum absolute atomic E-state index is 0.434. The second-order valence-electron chi connectivity index (χ2n) is 5.86. The van der Waals surface area contributed by atoms with Gasteiger partial charge in [0.25, 0.3) is 0 Å². The molecular formula is C16H22ClN7O.